The molecule has 19 heavy (non-hydrogen) atoms. The first-order chi connectivity index (χ1) is 9.11. The SMILES string of the molecule is CCCNCc1ccc(-c2cn(C)nc2C(C)C)o1. The Balaban J connectivity index is 2.18. The molecule has 0 aliphatic heterocycles. The standard InChI is InChI=1S/C15H23N3O/c1-5-8-16-9-12-6-7-14(19-12)13-10-18(4)17-15(13)11(2)3/h6-7,10-11,16H,5,8-9H2,1-4H3. The van der Waals surface area contributed by atoms with Crippen molar-refractivity contribution in [3.8, 4) is 11.3 Å². The molecule has 0 aliphatic carbocycles. The van der Waals surface area contributed by atoms with Crippen LogP contribution in [0.15, 0.2) is 22.7 Å². The van der Waals surface area contributed by atoms with Gasteiger partial charge in [0.2, 0.25) is 0 Å². The summed E-state index contributed by atoms with van der Waals surface area (Å²) >= 11 is 0. The zero-order valence-electron chi connectivity index (χ0n) is 12.2. The van der Waals surface area contributed by atoms with Gasteiger partial charge in [0.05, 0.1) is 17.8 Å². The van der Waals surface area contributed by atoms with Gasteiger partial charge < -0.3 is 9.73 Å². The summed E-state index contributed by atoms with van der Waals surface area (Å²) in [5.41, 5.74) is 2.18. The third-order valence-electron chi connectivity index (χ3n) is 3.06. The van der Waals surface area contributed by atoms with E-state index in [0.29, 0.717) is 5.92 Å². The molecule has 0 bridgehead atoms. The van der Waals surface area contributed by atoms with Gasteiger partial charge >= 0.3 is 0 Å². The summed E-state index contributed by atoms with van der Waals surface area (Å²) in [6.07, 6.45) is 3.16. The Morgan fingerprint density at radius 1 is 1.37 bits per heavy atom. The van der Waals surface area contributed by atoms with Gasteiger partial charge in [-0.15, -0.1) is 0 Å². The summed E-state index contributed by atoms with van der Waals surface area (Å²) in [7, 11) is 1.95. The van der Waals surface area contributed by atoms with Crippen LogP contribution in [0.4, 0.5) is 0 Å². The van der Waals surface area contributed by atoms with Crippen molar-refractivity contribution in [1.82, 2.24) is 15.1 Å². The van der Waals surface area contributed by atoms with Crippen molar-refractivity contribution in [2.24, 2.45) is 7.05 Å². The Labute approximate surface area is 114 Å². The normalized spacial score (nSPS) is 11.4. The molecule has 0 aliphatic rings. The van der Waals surface area contributed by atoms with E-state index in [1.54, 1.807) is 0 Å². The summed E-state index contributed by atoms with van der Waals surface area (Å²) in [6, 6.07) is 4.07. The summed E-state index contributed by atoms with van der Waals surface area (Å²) in [6.45, 7) is 8.26. The van der Waals surface area contributed by atoms with E-state index in [4.69, 9.17) is 4.42 Å². The van der Waals surface area contributed by atoms with Crippen LogP contribution in [0.1, 0.15) is 44.6 Å². The van der Waals surface area contributed by atoms with Crippen molar-refractivity contribution in [2.75, 3.05) is 6.54 Å². The number of aryl methyl sites for hydroxylation is 1. The highest BCUT2D eigenvalue weighted by atomic mass is 16.3. The zero-order valence-corrected chi connectivity index (χ0v) is 12.2. The van der Waals surface area contributed by atoms with Crippen LogP contribution in [0.2, 0.25) is 0 Å². The van der Waals surface area contributed by atoms with Crippen LogP contribution in [0.25, 0.3) is 11.3 Å². The van der Waals surface area contributed by atoms with Crippen molar-refractivity contribution in [3.05, 3.63) is 29.8 Å². The van der Waals surface area contributed by atoms with Gasteiger partial charge in [-0.1, -0.05) is 20.8 Å². The summed E-state index contributed by atoms with van der Waals surface area (Å²) in [5, 5.41) is 7.86. The van der Waals surface area contributed by atoms with Crippen molar-refractivity contribution >= 4 is 0 Å². The van der Waals surface area contributed by atoms with Crippen LogP contribution < -0.4 is 5.32 Å². The number of nitrogens with zero attached hydrogens (tertiary/aromatic N) is 2. The number of hydrogen-bond donors (Lipinski definition) is 1. The summed E-state index contributed by atoms with van der Waals surface area (Å²) in [4.78, 5) is 0. The molecule has 0 fully saturated rings. The second-order valence-corrected chi connectivity index (χ2v) is 5.20. The quantitative estimate of drug-likeness (QED) is 0.811. The van der Waals surface area contributed by atoms with Gasteiger partial charge in [0, 0.05) is 13.2 Å². The average Bonchev–Trinajstić information content (AvgIpc) is 2.96. The fraction of sp³-hybridized carbons (Fsp3) is 0.533. The maximum Gasteiger partial charge on any atom is 0.137 e. The van der Waals surface area contributed by atoms with Crippen LogP contribution in [-0.2, 0) is 13.6 Å². The van der Waals surface area contributed by atoms with Crippen LogP contribution in [0, 0.1) is 0 Å². The minimum Gasteiger partial charge on any atom is -0.460 e. The highest BCUT2D eigenvalue weighted by Gasteiger charge is 2.16. The molecule has 2 aromatic heterocycles. The van der Waals surface area contributed by atoms with Gasteiger partial charge in [0.1, 0.15) is 11.5 Å². The number of aromatic nitrogens is 2. The van der Waals surface area contributed by atoms with E-state index < -0.39 is 0 Å². The van der Waals surface area contributed by atoms with Crippen LogP contribution >= 0.6 is 0 Å². The molecule has 0 spiro atoms. The summed E-state index contributed by atoms with van der Waals surface area (Å²) in [5.74, 6) is 2.27. The predicted octanol–water partition coefficient (Wildman–Crippen LogP) is 3.30. The molecule has 2 heterocycles. The third-order valence-corrected chi connectivity index (χ3v) is 3.06. The molecule has 0 amide bonds. The second kappa shape index (κ2) is 6.06. The maximum absolute atomic E-state index is 5.90. The fourth-order valence-electron chi connectivity index (χ4n) is 2.13. The Morgan fingerprint density at radius 3 is 2.84 bits per heavy atom. The highest BCUT2D eigenvalue weighted by molar-refractivity contribution is 5.60. The van der Waals surface area contributed by atoms with Crippen LogP contribution in [-0.4, -0.2) is 16.3 Å². The van der Waals surface area contributed by atoms with Crippen molar-refractivity contribution < 1.29 is 4.42 Å². The number of furan rings is 1. The van der Waals surface area contributed by atoms with Crippen molar-refractivity contribution in [2.45, 2.75) is 39.7 Å². The Morgan fingerprint density at radius 2 is 2.16 bits per heavy atom. The maximum atomic E-state index is 5.90. The van der Waals surface area contributed by atoms with Gasteiger partial charge in [-0.25, -0.2) is 0 Å². The van der Waals surface area contributed by atoms with Gasteiger partial charge in [-0.2, -0.15) is 5.10 Å². The molecular weight excluding hydrogens is 238 g/mol. The molecule has 2 aromatic rings. The number of nitrogens with one attached hydrogen (secondary N) is 1. The smallest absolute Gasteiger partial charge is 0.137 e. The summed E-state index contributed by atoms with van der Waals surface area (Å²) < 4.78 is 7.75. The van der Waals surface area contributed by atoms with Gasteiger partial charge in [0.15, 0.2) is 0 Å². The molecule has 0 saturated carbocycles. The van der Waals surface area contributed by atoms with Gasteiger partial charge in [-0.05, 0) is 31.0 Å². The molecule has 1 N–H and O–H groups in total. The fourth-order valence-corrected chi connectivity index (χ4v) is 2.13. The molecule has 0 unspecified atom stereocenters. The predicted molar refractivity (Wildman–Crippen MR) is 77.0 cm³/mol. The highest BCUT2D eigenvalue weighted by Crippen LogP contribution is 2.29. The molecular formula is C15H23N3O. The molecule has 0 saturated heterocycles. The van der Waals surface area contributed by atoms with E-state index in [0.717, 1.165) is 42.3 Å². The van der Waals surface area contributed by atoms with E-state index in [2.05, 4.69) is 31.2 Å². The Hall–Kier alpha value is -1.55. The zero-order chi connectivity index (χ0) is 13.8. The lowest BCUT2D eigenvalue weighted by molar-refractivity contribution is 0.493. The van der Waals surface area contributed by atoms with E-state index in [-0.39, 0.29) is 0 Å². The molecule has 0 atom stereocenters. The Kier molecular flexibility index (Phi) is 4.43. The third kappa shape index (κ3) is 3.26. The lowest BCUT2D eigenvalue weighted by Crippen LogP contribution is -2.12. The Bertz CT molecular complexity index is 525. The lowest BCUT2D eigenvalue weighted by Gasteiger charge is -2.03. The van der Waals surface area contributed by atoms with E-state index in [1.807, 2.05) is 30.1 Å². The minimum atomic E-state index is 0.392. The van der Waals surface area contributed by atoms with Crippen LogP contribution in [0.3, 0.4) is 0 Å². The van der Waals surface area contributed by atoms with Gasteiger partial charge in [-0.3, -0.25) is 4.68 Å². The van der Waals surface area contributed by atoms with Crippen molar-refractivity contribution in [3.63, 3.8) is 0 Å². The van der Waals surface area contributed by atoms with Crippen molar-refractivity contribution in [1.29, 1.82) is 0 Å². The van der Waals surface area contributed by atoms with E-state index in [1.165, 1.54) is 0 Å². The average molecular weight is 261 g/mol. The van der Waals surface area contributed by atoms with Gasteiger partial charge in [0.25, 0.3) is 0 Å². The topological polar surface area (TPSA) is 43.0 Å². The molecule has 0 radical (unpaired) electrons. The number of hydrogen-bond acceptors (Lipinski definition) is 3. The molecule has 0 aromatic carbocycles. The van der Waals surface area contributed by atoms with E-state index >= 15 is 0 Å². The van der Waals surface area contributed by atoms with Crippen LogP contribution in [0.5, 0.6) is 0 Å². The monoisotopic (exact) mass is 261 g/mol. The number of rotatable bonds is 6. The first kappa shape index (κ1) is 13.9. The molecule has 4 nitrogen and oxygen atoms in total. The minimum absolute atomic E-state index is 0.392. The first-order valence-electron chi connectivity index (χ1n) is 6.95. The molecule has 4 heteroatoms. The molecule has 104 valence electrons. The van der Waals surface area contributed by atoms with E-state index in [9.17, 15) is 0 Å². The second-order valence-electron chi connectivity index (χ2n) is 5.20. The largest absolute Gasteiger partial charge is 0.460 e. The molecule has 2 rings (SSSR count). The lowest BCUT2D eigenvalue weighted by atomic mass is 10.1. The first-order valence-corrected chi connectivity index (χ1v) is 6.95.